The van der Waals surface area contributed by atoms with Gasteiger partial charge in [0.2, 0.25) is 0 Å². The molecule has 1 aliphatic heterocycles. The molecule has 0 saturated carbocycles. The van der Waals surface area contributed by atoms with Crippen molar-refractivity contribution in [3.05, 3.63) is 56.5 Å². The molecule has 1 aromatic heterocycles. The number of nitrogens with one attached hydrogen (secondary N) is 1. The first-order chi connectivity index (χ1) is 13.8. The van der Waals surface area contributed by atoms with Gasteiger partial charge in [0.1, 0.15) is 11.6 Å². The molecule has 0 unspecified atom stereocenters. The predicted octanol–water partition coefficient (Wildman–Crippen LogP) is 2.85. The van der Waals surface area contributed by atoms with Crippen LogP contribution in [0, 0.1) is 24.0 Å². The number of hydrogen-bond acceptors (Lipinski definition) is 8. The van der Waals surface area contributed by atoms with Crippen molar-refractivity contribution in [1.29, 1.82) is 0 Å². The molecule has 1 atom stereocenters. The fraction of sp³-hybridized carbons (Fsp3) is 0.421. The van der Waals surface area contributed by atoms with Crippen LogP contribution in [0.1, 0.15) is 47.5 Å². The van der Waals surface area contributed by atoms with Crippen molar-refractivity contribution in [3.8, 4) is 0 Å². The maximum Gasteiger partial charge on any atom is 0.309 e. The summed E-state index contributed by atoms with van der Waals surface area (Å²) < 4.78 is 11.2. The minimum atomic E-state index is -1.03. The molecule has 2 N–H and O–H groups in total. The number of carboxylic acids is 1. The first-order valence-corrected chi connectivity index (χ1v) is 9.10. The number of ether oxygens (including phenoxy) is 2. The quantitative estimate of drug-likeness (QED) is 0.529. The van der Waals surface area contributed by atoms with Gasteiger partial charge < -0.3 is 19.9 Å². The van der Waals surface area contributed by atoms with E-state index in [0.717, 1.165) is 5.56 Å². The van der Waals surface area contributed by atoms with Crippen LogP contribution >= 0.6 is 0 Å². The molecular formula is C19H22N4O6. The highest BCUT2D eigenvalue weighted by atomic mass is 16.7. The summed E-state index contributed by atoms with van der Waals surface area (Å²) in [6.07, 6.45) is -1.08. The summed E-state index contributed by atoms with van der Waals surface area (Å²) in [7, 11) is 0. The van der Waals surface area contributed by atoms with Crippen LogP contribution in [0.25, 0.3) is 0 Å². The van der Waals surface area contributed by atoms with E-state index in [1.54, 1.807) is 26.0 Å². The van der Waals surface area contributed by atoms with Crippen LogP contribution in [0.4, 0.5) is 11.5 Å². The Morgan fingerprint density at radius 3 is 2.66 bits per heavy atom. The number of carbonyl (C=O) groups is 1. The van der Waals surface area contributed by atoms with E-state index in [-0.39, 0.29) is 18.2 Å². The summed E-state index contributed by atoms with van der Waals surface area (Å²) in [5.74, 6) is -0.247. The van der Waals surface area contributed by atoms with E-state index in [1.807, 2.05) is 6.92 Å². The zero-order valence-electron chi connectivity index (χ0n) is 16.3. The zero-order chi connectivity index (χ0) is 21.1. The molecule has 0 radical (unpaired) electrons. The van der Waals surface area contributed by atoms with Crippen molar-refractivity contribution in [1.82, 2.24) is 9.97 Å². The van der Waals surface area contributed by atoms with E-state index in [4.69, 9.17) is 9.47 Å². The second kappa shape index (κ2) is 8.50. The summed E-state index contributed by atoms with van der Waals surface area (Å²) in [6, 6.07) is 4.54. The third-order valence-corrected chi connectivity index (χ3v) is 4.68. The van der Waals surface area contributed by atoms with Gasteiger partial charge in [-0.3, -0.25) is 14.9 Å². The van der Waals surface area contributed by atoms with E-state index in [9.17, 15) is 20.0 Å². The highest BCUT2D eigenvalue weighted by Crippen LogP contribution is 2.34. The second-order valence-electron chi connectivity index (χ2n) is 6.74. The Morgan fingerprint density at radius 1 is 1.34 bits per heavy atom. The Hall–Kier alpha value is -3.11. The lowest BCUT2D eigenvalue weighted by Gasteiger charge is -2.22. The van der Waals surface area contributed by atoms with Crippen LogP contribution < -0.4 is 5.32 Å². The van der Waals surface area contributed by atoms with Crippen molar-refractivity contribution in [3.63, 3.8) is 0 Å². The molecule has 1 fully saturated rings. The molecule has 0 aliphatic carbocycles. The van der Waals surface area contributed by atoms with E-state index in [0.29, 0.717) is 41.7 Å². The third-order valence-electron chi connectivity index (χ3n) is 4.68. The average molecular weight is 402 g/mol. The van der Waals surface area contributed by atoms with Gasteiger partial charge in [-0.05, 0) is 26.3 Å². The lowest BCUT2D eigenvalue weighted by molar-refractivity contribution is -0.385. The Balaban J connectivity index is 2.02. The number of hydrogen-bond donors (Lipinski definition) is 2. The Kier molecular flexibility index (Phi) is 6.04. The van der Waals surface area contributed by atoms with Crippen molar-refractivity contribution < 1.29 is 24.3 Å². The van der Waals surface area contributed by atoms with Gasteiger partial charge in [0.15, 0.2) is 6.29 Å². The number of nitro groups is 1. The molecule has 10 nitrogen and oxygen atoms in total. The maximum atomic E-state index is 11.3. The highest BCUT2D eigenvalue weighted by Gasteiger charge is 2.29. The normalized spacial score (nSPS) is 15.3. The number of aryl methyl sites for hydroxylation is 1. The van der Waals surface area contributed by atoms with E-state index in [2.05, 4.69) is 15.3 Å². The van der Waals surface area contributed by atoms with E-state index in [1.165, 1.54) is 6.07 Å². The number of aliphatic carboxylic acids is 1. The number of anilines is 1. The van der Waals surface area contributed by atoms with Crippen LogP contribution in [-0.2, 0) is 20.7 Å². The minimum absolute atomic E-state index is 0.0317. The van der Waals surface area contributed by atoms with E-state index < -0.39 is 17.2 Å². The lowest BCUT2D eigenvalue weighted by atomic mass is 10.0. The predicted molar refractivity (Wildman–Crippen MR) is 103 cm³/mol. The van der Waals surface area contributed by atoms with E-state index >= 15 is 0 Å². The molecule has 0 bridgehead atoms. The number of rotatable bonds is 7. The van der Waals surface area contributed by atoms with Crippen molar-refractivity contribution >= 4 is 17.5 Å². The number of benzene rings is 1. The molecule has 1 aromatic carbocycles. The molecule has 1 saturated heterocycles. The Labute approximate surface area is 167 Å². The molecular weight excluding hydrogens is 380 g/mol. The van der Waals surface area contributed by atoms with Gasteiger partial charge in [-0.25, -0.2) is 9.97 Å². The molecule has 29 heavy (non-hydrogen) atoms. The van der Waals surface area contributed by atoms with Gasteiger partial charge >= 0.3 is 5.97 Å². The fourth-order valence-corrected chi connectivity index (χ4v) is 3.39. The Morgan fingerprint density at radius 2 is 2.03 bits per heavy atom. The van der Waals surface area contributed by atoms with Crippen LogP contribution in [-0.4, -0.2) is 39.2 Å². The molecule has 10 heteroatoms. The number of nitrogens with zero attached hydrogens (tertiary/aromatic N) is 3. The zero-order valence-corrected chi connectivity index (χ0v) is 16.3. The SMILES string of the molecule is Cc1nc(CC(=O)O)c(C2OCCO2)c(N[C@H](C)c2cccc([N+](=O)[O-])c2C)n1. The largest absolute Gasteiger partial charge is 0.481 e. The first kappa shape index (κ1) is 20.6. The molecule has 2 heterocycles. The van der Waals surface area contributed by atoms with Gasteiger partial charge in [0, 0.05) is 11.6 Å². The number of nitro benzene ring substituents is 1. The molecule has 0 spiro atoms. The van der Waals surface area contributed by atoms with Crippen molar-refractivity contribution in [2.75, 3.05) is 18.5 Å². The van der Waals surface area contributed by atoms with Crippen LogP contribution in [0.15, 0.2) is 18.2 Å². The molecule has 3 rings (SSSR count). The summed E-state index contributed by atoms with van der Waals surface area (Å²) in [6.45, 7) is 5.96. The van der Waals surface area contributed by atoms with Gasteiger partial charge in [0.05, 0.1) is 41.9 Å². The van der Waals surface area contributed by atoms with Crippen molar-refractivity contribution in [2.24, 2.45) is 0 Å². The Bertz CT molecular complexity index is 943. The number of carboxylic acid groups (broad SMARTS) is 1. The smallest absolute Gasteiger partial charge is 0.309 e. The molecule has 154 valence electrons. The summed E-state index contributed by atoms with van der Waals surface area (Å²) in [4.78, 5) is 30.9. The van der Waals surface area contributed by atoms with Gasteiger partial charge in [-0.15, -0.1) is 0 Å². The lowest BCUT2D eigenvalue weighted by Crippen LogP contribution is -2.18. The second-order valence-corrected chi connectivity index (χ2v) is 6.74. The monoisotopic (exact) mass is 402 g/mol. The van der Waals surface area contributed by atoms with Gasteiger partial charge in [-0.1, -0.05) is 12.1 Å². The summed E-state index contributed by atoms with van der Waals surface area (Å²) in [5.41, 5.74) is 2.05. The molecule has 0 amide bonds. The minimum Gasteiger partial charge on any atom is -0.481 e. The standard InChI is InChI=1S/C19H22N4O6/c1-10-13(5-4-6-15(10)23(26)27)11(2)20-18-17(19-28-7-8-29-19)14(9-16(24)25)21-12(3)22-18/h4-6,11,19H,7-9H2,1-3H3,(H,24,25)(H,20,21,22)/t11-/m1/s1. The highest BCUT2D eigenvalue weighted by molar-refractivity contribution is 5.71. The van der Waals surface area contributed by atoms with Crippen LogP contribution in [0.2, 0.25) is 0 Å². The number of aromatic nitrogens is 2. The first-order valence-electron chi connectivity index (χ1n) is 9.10. The maximum absolute atomic E-state index is 11.3. The average Bonchev–Trinajstić information content (AvgIpc) is 3.14. The fourth-order valence-electron chi connectivity index (χ4n) is 3.39. The van der Waals surface area contributed by atoms with Crippen LogP contribution in [0.3, 0.4) is 0 Å². The molecule has 1 aliphatic rings. The van der Waals surface area contributed by atoms with Crippen molar-refractivity contribution in [2.45, 2.75) is 39.5 Å². The third kappa shape index (κ3) is 4.49. The summed E-state index contributed by atoms with van der Waals surface area (Å²) in [5, 5.41) is 23.8. The van der Waals surface area contributed by atoms with Gasteiger partial charge in [0.25, 0.3) is 5.69 Å². The summed E-state index contributed by atoms with van der Waals surface area (Å²) >= 11 is 0. The van der Waals surface area contributed by atoms with Crippen LogP contribution in [0.5, 0.6) is 0 Å². The molecule has 2 aromatic rings. The topological polar surface area (TPSA) is 137 Å². The van der Waals surface area contributed by atoms with Gasteiger partial charge in [-0.2, -0.15) is 0 Å².